The molecule has 0 bridgehead atoms. The molecule has 21 heavy (non-hydrogen) atoms. The van der Waals surface area contributed by atoms with Crippen molar-refractivity contribution in [2.45, 2.75) is 56.7 Å². The summed E-state index contributed by atoms with van der Waals surface area (Å²) in [6, 6.07) is 7.11. The van der Waals surface area contributed by atoms with E-state index in [2.05, 4.69) is 42.2 Å². The van der Waals surface area contributed by atoms with Gasteiger partial charge in [0.15, 0.2) is 0 Å². The quantitative estimate of drug-likeness (QED) is 0.845. The molecule has 116 valence electrons. The van der Waals surface area contributed by atoms with E-state index in [-0.39, 0.29) is 0 Å². The van der Waals surface area contributed by atoms with Gasteiger partial charge in [-0.3, -0.25) is 0 Å². The van der Waals surface area contributed by atoms with Gasteiger partial charge in [-0.2, -0.15) is 11.8 Å². The van der Waals surface area contributed by atoms with Crippen LogP contribution >= 0.6 is 11.8 Å². The van der Waals surface area contributed by atoms with Crippen LogP contribution in [0.5, 0.6) is 5.75 Å². The van der Waals surface area contributed by atoms with E-state index in [4.69, 9.17) is 4.74 Å². The SMILES string of the molecule is CCNC(CSC1CCCC1)c1cccc2c1OCCC2. The van der Waals surface area contributed by atoms with Gasteiger partial charge in [-0.25, -0.2) is 0 Å². The molecule has 1 heterocycles. The first kappa shape index (κ1) is 15.2. The molecule has 1 aliphatic heterocycles. The molecular weight excluding hydrogens is 278 g/mol. The van der Waals surface area contributed by atoms with E-state index in [1.807, 2.05) is 0 Å². The third kappa shape index (κ3) is 3.75. The maximum atomic E-state index is 6.00. The maximum Gasteiger partial charge on any atom is 0.127 e. The Morgan fingerprint density at radius 2 is 2.14 bits per heavy atom. The monoisotopic (exact) mass is 305 g/mol. The zero-order chi connectivity index (χ0) is 14.5. The van der Waals surface area contributed by atoms with Crippen LogP contribution in [0.4, 0.5) is 0 Å². The minimum atomic E-state index is 0.425. The Labute approximate surface area is 133 Å². The van der Waals surface area contributed by atoms with Crippen molar-refractivity contribution in [3.63, 3.8) is 0 Å². The average Bonchev–Trinajstić information content (AvgIpc) is 3.04. The number of ether oxygens (including phenoxy) is 1. The Hall–Kier alpha value is -0.670. The van der Waals surface area contributed by atoms with Crippen molar-refractivity contribution < 1.29 is 4.74 Å². The molecule has 3 rings (SSSR count). The van der Waals surface area contributed by atoms with Crippen molar-refractivity contribution in [1.29, 1.82) is 0 Å². The number of fused-ring (bicyclic) bond motifs is 1. The van der Waals surface area contributed by atoms with Crippen LogP contribution in [0.3, 0.4) is 0 Å². The van der Waals surface area contributed by atoms with Gasteiger partial charge in [0.2, 0.25) is 0 Å². The normalized spacial score (nSPS) is 20.0. The van der Waals surface area contributed by atoms with Gasteiger partial charge in [0.05, 0.1) is 6.61 Å². The minimum absolute atomic E-state index is 0.425. The summed E-state index contributed by atoms with van der Waals surface area (Å²) in [5.41, 5.74) is 2.77. The molecule has 1 atom stereocenters. The summed E-state index contributed by atoms with van der Waals surface area (Å²) in [5, 5.41) is 4.55. The van der Waals surface area contributed by atoms with E-state index in [0.29, 0.717) is 6.04 Å². The fourth-order valence-corrected chi connectivity index (χ4v) is 4.91. The van der Waals surface area contributed by atoms with E-state index < -0.39 is 0 Å². The van der Waals surface area contributed by atoms with Crippen molar-refractivity contribution in [2.24, 2.45) is 0 Å². The number of hydrogen-bond donors (Lipinski definition) is 1. The van der Waals surface area contributed by atoms with Crippen molar-refractivity contribution in [2.75, 3.05) is 18.9 Å². The standard InChI is InChI=1S/C18H27NOS/c1-2-19-17(13-21-15-9-3-4-10-15)16-11-5-7-14-8-6-12-20-18(14)16/h5,7,11,15,17,19H,2-4,6,8-10,12-13H2,1H3. The van der Waals surface area contributed by atoms with Crippen LogP contribution in [0, 0.1) is 0 Å². The van der Waals surface area contributed by atoms with E-state index in [9.17, 15) is 0 Å². The summed E-state index contributed by atoms with van der Waals surface area (Å²) in [6.45, 7) is 4.08. The van der Waals surface area contributed by atoms with Gasteiger partial charge in [0.25, 0.3) is 0 Å². The summed E-state index contributed by atoms with van der Waals surface area (Å²) >= 11 is 2.16. The highest BCUT2D eigenvalue weighted by Gasteiger charge is 2.23. The number of aryl methyl sites for hydroxylation is 1. The second kappa shape index (κ2) is 7.55. The Balaban J connectivity index is 1.73. The molecule has 1 fully saturated rings. The molecule has 1 saturated carbocycles. The summed E-state index contributed by atoms with van der Waals surface area (Å²) < 4.78 is 6.00. The van der Waals surface area contributed by atoms with Gasteiger partial charge in [-0.15, -0.1) is 0 Å². The number of thioether (sulfide) groups is 1. The van der Waals surface area contributed by atoms with Crippen LogP contribution in [-0.2, 0) is 6.42 Å². The van der Waals surface area contributed by atoms with Crippen molar-refractivity contribution >= 4 is 11.8 Å². The van der Waals surface area contributed by atoms with Crippen LogP contribution in [0.15, 0.2) is 18.2 Å². The highest BCUT2D eigenvalue weighted by Crippen LogP contribution is 2.37. The zero-order valence-electron chi connectivity index (χ0n) is 13.1. The third-order valence-electron chi connectivity index (χ3n) is 4.59. The van der Waals surface area contributed by atoms with E-state index >= 15 is 0 Å². The third-order valence-corrected chi connectivity index (χ3v) is 6.06. The highest BCUT2D eigenvalue weighted by molar-refractivity contribution is 7.99. The molecule has 0 aromatic heterocycles. The summed E-state index contributed by atoms with van der Waals surface area (Å²) in [5.74, 6) is 2.33. The van der Waals surface area contributed by atoms with Gasteiger partial charge in [-0.05, 0) is 37.8 Å². The van der Waals surface area contributed by atoms with Gasteiger partial charge in [0, 0.05) is 22.6 Å². The lowest BCUT2D eigenvalue weighted by molar-refractivity contribution is 0.282. The predicted molar refractivity (Wildman–Crippen MR) is 91.4 cm³/mol. The Morgan fingerprint density at radius 3 is 2.95 bits per heavy atom. The molecule has 1 unspecified atom stereocenters. The molecule has 1 aromatic rings. The Morgan fingerprint density at radius 1 is 1.29 bits per heavy atom. The number of hydrogen-bond acceptors (Lipinski definition) is 3. The van der Waals surface area contributed by atoms with Crippen LogP contribution in [-0.4, -0.2) is 24.2 Å². The molecule has 2 aliphatic rings. The molecule has 1 N–H and O–H groups in total. The first-order valence-electron chi connectivity index (χ1n) is 8.48. The molecular formula is C18H27NOS. The summed E-state index contributed by atoms with van der Waals surface area (Å²) in [4.78, 5) is 0. The first-order chi connectivity index (χ1) is 10.4. The second-order valence-electron chi connectivity index (χ2n) is 6.14. The lowest BCUT2D eigenvalue weighted by Gasteiger charge is -2.26. The molecule has 1 aliphatic carbocycles. The highest BCUT2D eigenvalue weighted by atomic mass is 32.2. The van der Waals surface area contributed by atoms with Crippen LogP contribution in [0.2, 0.25) is 0 Å². The molecule has 0 spiro atoms. The lowest BCUT2D eigenvalue weighted by Crippen LogP contribution is -2.25. The van der Waals surface area contributed by atoms with Gasteiger partial charge in [-0.1, -0.05) is 38.0 Å². The molecule has 0 radical (unpaired) electrons. The van der Waals surface area contributed by atoms with E-state index in [1.165, 1.54) is 48.3 Å². The fourth-order valence-electron chi connectivity index (χ4n) is 3.48. The Bertz CT molecular complexity index is 457. The fraction of sp³-hybridized carbons (Fsp3) is 0.667. The number of para-hydroxylation sites is 1. The Kier molecular flexibility index (Phi) is 5.48. The molecule has 3 heteroatoms. The molecule has 1 aromatic carbocycles. The topological polar surface area (TPSA) is 21.3 Å². The predicted octanol–water partition coefficient (Wildman–Crippen LogP) is 4.34. The summed E-state index contributed by atoms with van der Waals surface area (Å²) in [7, 11) is 0. The van der Waals surface area contributed by atoms with E-state index in [0.717, 1.165) is 31.2 Å². The van der Waals surface area contributed by atoms with E-state index in [1.54, 1.807) is 0 Å². The number of nitrogens with one attached hydrogen (secondary N) is 1. The van der Waals surface area contributed by atoms with Crippen molar-refractivity contribution in [1.82, 2.24) is 5.32 Å². The first-order valence-corrected chi connectivity index (χ1v) is 9.53. The zero-order valence-corrected chi connectivity index (χ0v) is 13.9. The van der Waals surface area contributed by atoms with Gasteiger partial charge in [0.1, 0.15) is 5.75 Å². The lowest BCUT2D eigenvalue weighted by atomic mass is 9.98. The second-order valence-corrected chi connectivity index (χ2v) is 7.47. The van der Waals surface area contributed by atoms with Crippen molar-refractivity contribution in [3.05, 3.63) is 29.3 Å². The molecule has 0 saturated heterocycles. The van der Waals surface area contributed by atoms with Crippen LogP contribution < -0.4 is 10.1 Å². The van der Waals surface area contributed by atoms with Crippen molar-refractivity contribution in [3.8, 4) is 5.75 Å². The van der Waals surface area contributed by atoms with Gasteiger partial charge < -0.3 is 10.1 Å². The van der Waals surface area contributed by atoms with Crippen LogP contribution in [0.1, 0.15) is 56.2 Å². The molecule has 2 nitrogen and oxygen atoms in total. The van der Waals surface area contributed by atoms with Crippen LogP contribution in [0.25, 0.3) is 0 Å². The average molecular weight is 305 g/mol. The number of rotatable bonds is 6. The summed E-state index contributed by atoms with van der Waals surface area (Å²) in [6.07, 6.45) is 7.98. The number of benzene rings is 1. The van der Waals surface area contributed by atoms with Gasteiger partial charge >= 0.3 is 0 Å². The maximum absolute atomic E-state index is 6.00. The largest absolute Gasteiger partial charge is 0.493 e. The minimum Gasteiger partial charge on any atom is -0.493 e. The smallest absolute Gasteiger partial charge is 0.127 e. The molecule has 0 amide bonds.